The molecule has 4 rings (SSSR count). The summed E-state index contributed by atoms with van der Waals surface area (Å²) in [5, 5.41) is 0. The van der Waals surface area contributed by atoms with E-state index in [9.17, 15) is 8.42 Å². The van der Waals surface area contributed by atoms with Gasteiger partial charge in [0.1, 0.15) is 18.1 Å². The van der Waals surface area contributed by atoms with Gasteiger partial charge in [-0.3, -0.25) is 0 Å². The Morgan fingerprint density at radius 1 is 0.872 bits per heavy atom. The quantitative estimate of drug-likeness (QED) is 0.304. The van der Waals surface area contributed by atoms with E-state index in [0.29, 0.717) is 11.5 Å². The molecule has 0 radical (unpaired) electrons. The summed E-state index contributed by atoms with van der Waals surface area (Å²) >= 11 is 0. The first-order valence-corrected chi connectivity index (χ1v) is 13.9. The largest absolute Gasteiger partial charge is 0.493 e. The molecular weight excluding hydrogens is 518 g/mol. The molecule has 0 aliphatic carbocycles. The number of nitrogens with two attached hydrogens (primary N) is 1. The summed E-state index contributed by atoms with van der Waals surface area (Å²) in [6.07, 6.45) is 3.08. The van der Waals surface area contributed by atoms with E-state index in [0.717, 1.165) is 5.56 Å². The summed E-state index contributed by atoms with van der Waals surface area (Å²) in [5.41, 5.74) is 6.65. The second-order valence-electron chi connectivity index (χ2n) is 9.62. The van der Waals surface area contributed by atoms with E-state index >= 15 is 0 Å². The fourth-order valence-corrected chi connectivity index (χ4v) is 4.95. The number of sulfone groups is 1. The van der Waals surface area contributed by atoms with Crippen LogP contribution in [0.25, 0.3) is 11.6 Å². The number of hydrogen-bond acceptors (Lipinski definition) is 10. The Labute approximate surface area is 228 Å². The van der Waals surface area contributed by atoms with E-state index < -0.39 is 15.6 Å². The minimum absolute atomic E-state index is 0.0112. The molecule has 0 saturated carbocycles. The van der Waals surface area contributed by atoms with Crippen LogP contribution < -0.4 is 19.9 Å². The molecule has 0 bridgehead atoms. The summed E-state index contributed by atoms with van der Waals surface area (Å²) in [6.45, 7) is 6.50. The molecule has 11 heteroatoms. The van der Waals surface area contributed by atoms with Gasteiger partial charge in [0.15, 0.2) is 27.2 Å². The third-order valence-corrected chi connectivity index (χ3v) is 7.36. The van der Waals surface area contributed by atoms with Crippen LogP contribution in [0.4, 0.5) is 0 Å². The second-order valence-corrected chi connectivity index (χ2v) is 11.6. The van der Waals surface area contributed by atoms with Crippen molar-refractivity contribution in [2.75, 3.05) is 20.3 Å². The average molecular weight is 550 g/mol. The van der Waals surface area contributed by atoms with Crippen molar-refractivity contribution >= 4 is 9.84 Å². The zero-order valence-corrected chi connectivity index (χ0v) is 23.1. The highest BCUT2D eigenvalue weighted by atomic mass is 32.2. The minimum atomic E-state index is -3.86. The minimum Gasteiger partial charge on any atom is -0.493 e. The molecule has 4 aromatic rings. The van der Waals surface area contributed by atoms with Gasteiger partial charge in [0, 0.05) is 18.9 Å². The van der Waals surface area contributed by atoms with Crippen LogP contribution in [-0.4, -0.2) is 48.6 Å². The molecule has 10 nitrogen and oxygen atoms in total. The Bertz CT molecular complexity index is 1520. The number of methoxy groups -OCH3 is 1. The maximum Gasteiger partial charge on any atom is 0.261 e. The maximum absolute atomic E-state index is 13.6. The fraction of sp³-hybridized carbons (Fsp3) is 0.286. The van der Waals surface area contributed by atoms with Crippen LogP contribution in [0, 0.1) is 0 Å². The van der Waals surface area contributed by atoms with Gasteiger partial charge in [0.25, 0.3) is 5.88 Å². The van der Waals surface area contributed by atoms with E-state index in [4.69, 9.17) is 19.9 Å². The first-order valence-electron chi connectivity index (χ1n) is 12.3. The summed E-state index contributed by atoms with van der Waals surface area (Å²) in [7, 11) is -2.36. The van der Waals surface area contributed by atoms with Gasteiger partial charge in [-0.15, -0.1) is 0 Å². The lowest BCUT2D eigenvalue weighted by molar-refractivity contribution is 0.294. The molecule has 2 N–H and O–H groups in total. The van der Waals surface area contributed by atoms with Crippen molar-refractivity contribution in [2.24, 2.45) is 5.73 Å². The molecule has 0 saturated heterocycles. The van der Waals surface area contributed by atoms with Gasteiger partial charge < -0.3 is 19.9 Å². The first-order chi connectivity index (χ1) is 18.6. The maximum atomic E-state index is 13.6. The van der Waals surface area contributed by atoms with E-state index in [1.807, 2.05) is 12.1 Å². The average Bonchev–Trinajstić information content (AvgIpc) is 2.93. The van der Waals surface area contributed by atoms with E-state index in [2.05, 4.69) is 40.7 Å². The van der Waals surface area contributed by atoms with E-state index in [1.165, 1.54) is 7.11 Å². The molecular formula is C28H31N5O5S. The molecule has 2 aromatic heterocycles. The Morgan fingerprint density at radius 2 is 1.54 bits per heavy atom. The molecule has 0 atom stereocenters. The number of ether oxygens (including phenoxy) is 3. The summed E-state index contributed by atoms with van der Waals surface area (Å²) in [6, 6.07) is 15.4. The summed E-state index contributed by atoms with van der Waals surface area (Å²) < 4.78 is 44.7. The Hall–Kier alpha value is -4.09. The summed E-state index contributed by atoms with van der Waals surface area (Å²) in [5.74, 6) is 0.602. The lowest BCUT2D eigenvalue weighted by atomic mass is 9.87. The third kappa shape index (κ3) is 6.68. The van der Waals surface area contributed by atoms with Crippen LogP contribution in [0.1, 0.15) is 32.0 Å². The molecule has 0 aliphatic heterocycles. The van der Waals surface area contributed by atoms with E-state index in [-0.39, 0.29) is 52.4 Å². The number of para-hydroxylation sites is 2. The highest BCUT2D eigenvalue weighted by Crippen LogP contribution is 2.39. The van der Waals surface area contributed by atoms with Gasteiger partial charge >= 0.3 is 0 Å². The van der Waals surface area contributed by atoms with Gasteiger partial charge in [0.05, 0.1) is 12.0 Å². The van der Waals surface area contributed by atoms with Gasteiger partial charge in [-0.2, -0.15) is 4.98 Å². The predicted octanol–water partition coefficient (Wildman–Crippen LogP) is 4.34. The van der Waals surface area contributed by atoms with E-state index in [1.54, 1.807) is 54.9 Å². The van der Waals surface area contributed by atoms with Gasteiger partial charge in [-0.1, -0.05) is 45.0 Å². The highest BCUT2D eigenvalue weighted by Gasteiger charge is 2.27. The van der Waals surface area contributed by atoms with Crippen LogP contribution in [0.5, 0.6) is 23.1 Å². The SMILES string of the molecule is COc1ccccc1Oc1c(CS(=O)(=O)c2ccc(C(C)(C)C)cc2)nc(-c2ncccn2)nc1OCCN. The molecule has 0 amide bonds. The van der Waals surface area contributed by atoms with Crippen molar-refractivity contribution in [3.05, 3.63) is 78.2 Å². The third-order valence-electron chi connectivity index (χ3n) is 5.71. The van der Waals surface area contributed by atoms with Crippen LogP contribution in [0.15, 0.2) is 71.9 Å². The smallest absolute Gasteiger partial charge is 0.261 e. The van der Waals surface area contributed by atoms with Gasteiger partial charge in [-0.25, -0.2) is 23.4 Å². The standard InChI is InChI=1S/C28H31N5O5S/c1-28(2,3)19-10-12-20(13-11-19)39(34,35)18-21-24(38-23-9-6-5-8-22(23)36-4)27(37-17-14-29)33-26(32-21)25-30-15-7-16-31-25/h5-13,15-16H,14,17-18,29H2,1-4H3. The summed E-state index contributed by atoms with van der Waals surface area (Å²) in [4.78, 5) is 17.6. The Morgan fingerprint density at radius 3 is 2.15 bits per heavy atom. The number of hydrogen-bond donors (Lipinski definition) is 1. The zero-order valence-electron chi connectivity index (χ0n) is 22.3. The van der Waals surface area contributed by atoms with Crippen LogP contribution in [-0.2, 0) is 21.0 Å². The molecule has 2 aromatic carbocycles. The van der Waals surface area contributed by atoms with Crippen LogP contribution >= 0.6 is 0 Å². The van der Waals surface area contributed by atoms with Crippen molar-refractivity contribution in [2.45, 2.75) is 36.8 Å². The molecule has 0 aliphatic rings. The topological polar surface area (TPSA) is 139 Å². The molecule has 204 valence electrons. The Kier molecular flexibility index (Phi) is 8.41. The fourth-order valence-electron chi connectivity index (χ4n) is 3.68. The van der Waals surface area contributed by atoms with Crippen molar-refractivity contribution in [1.29, 1.82) is 0 Å². The molecule has 0 fully saturated rings. The lowest BCUT2D eigenvalue weighted by Gasteiger charge is -2.19. The number of nitrogens with zero attached hydrogens (tertiary/aromatic N) is 4. The first kappa shape index (κ1) is 27.9. The Balaban J connectivity index is 1.85. The van der Waals surface area contributed by atoms with Crippen molar-refractivity contribution < 1.29 is 22.6 Å². The van der Waals surface area contributed by atoms with Gasteiger partial charge in [-0.05, 0) is 41.3 Å². The van der Waals surface area contributed by atoms with Crippen molar-refractivity contribution in [3.8, 4) is 34.8 Å². The zero-order chi connectivity index (χ0) is 28.0. The number of aromatic nitrogens is 4. The molecule has 0 spiro atoms. The lowest BCUT2D eigenvalue weighted by Crippen LogP contribution is -2.15. The molecule has 2 heterocycles. The second kappa shape index (κ2) is 11.7. The van der Waals surface area contributed by atoms with Crippen LogP contribution in [0.2, 0.25) is 0 Å². The predicted molar refractivity (Wildman–Crippen MR) is 147 cm³/mol. The number of benzene rings is 2. The van der Waals surface area contributed by atoms with Crippen molar-refractivity contribution in [3.63, 3.8) is 0 Å². The monoisotopic (exact) mass is 549 g/mol. The van der Waals surface area contributed by atoms with Crippen molar-refractivity contribution in [1.82, 2.24) is 19.9 Å². The normalized spacial score (nSPS) is 11.7. The molecule has 39 heavy (non-hydrogen) atoms. The molecule has 0 unspecified atom stereocenters. The highest BCUT2D eigenvalue weighted by molar-refractivity contribution is 7.90. The van der Waals surface area contributed by atoms with Gasteiger partial charge in [0.2, 0.25) is 11.6 Å². The van der Waals surface area contributed by atoms with Crippen LogP contribution in [0.3, 0.4) is 0 Å². The number of rotatable bonds is 10.